The van der Waals surface area contributed by atoms with Gasteiger partial charge in [0.2, 0.25) is 5.91 Å². The minimum Gasteiger partial charge on any atom is -0.495 e. The average molecular weight is 506 g/mol. The van der Waals surface area contributed by atoms with Gasteiger partial charge in [-0.25, -0.2) is 4.98 Å². The Kier molecular flexibility index (Phi) is 7.58. The van der Waals surface area contributed by atoms with Crippen molar-refractivity contribution in [2.45, 2.75) is 24.7 Å². The number of methoxy groups -OCH3 is 1. The van der Waals surface area contributed by atoms with Crippen LogP contribution in [0.3, 0.4) is 0 Å². The molecule has 2 aliphatic rings. The highest BCUT2D eigenvalue weighted by atomic mass is 32.2. The second-order valence-electron chi connectivity index (χ2n) is 9.07. The molecule has 0 radical (unpaired) electrons. The summed E-state index contributed by atoms with van der Waals surface area (Å²) in [6.07, 6.45) is 0.735. The number of thioether (sulfide) groups is 1. The van der Waals surface area contributed by atoms with Crippen molar-refractivity contribution in [3.63, 3.8) is 0 Å². The van der Waals surface area contributed by atoms with Crippen LogP contribution in [0.15, 0.2) is 64.5 Å². The first-order valence-corrected chi connectivity index (χ1v) is 13.3. The van der Waals surface area contributed by atoms with Crippen molar-refractivity contribution in [3.8, 4) is 5.75 Å². The predicted molar refractivity (Wildman–Crippen MR) is 142 cm³/mol. The van der Waals surface area contributed by atoms with Crippen molar-refractivity contribution in [3.05, 3.63) is 81.8 Å². The third-order valence-corrected chi connectivity index (χ3v) is 7.62. The van der Waals surface area contributed by atoms with Crippen LogP contribution >= 0.6 is 11.8 Å². The summed E-state index contributed by atoms with van der Waals surface area (Å²) >= 11 is 1.31. The van der Waals surface area contributed by atoms with Gasteiger partial charge in [-0.15, -0.1) is 0 Å². The smallest absolute Gasteiger partial charge is 0.256 e. The van der Waals surface area contributed by atoms with E-state index in [1.54, 1.807) is 7.11 Å². The maximum Gasteiger partial charge on any atom is 0.256 e. The minimum atomic E-state index is -0.0990. The second kappa shape index (κ2) is 11.2. The first-order chi connectivity index (χ1) is 17.6. The van der Waals surface area contributed by atoms with Crippen LogP contribution in [0.1, 0.15) is 16.8 Å². The molecule has 0 spiro atoms. The number of fused-ring (bicyclic) bond motifs is 1. The molecule has 2 aromatic carbocycles. The van der Waals surface area contributed by atoms with Gasteiger partial charge >= 0.3 is 0 Å². The highest BCUT2D eigenvalue weighted by molar-refractivity contribution is 7.99. The van der Waals surface area contributed by atoms with Crippen molar-refractivity contribution < 1.29 is 9.53 Å². The number of amides is 1. The summed E-state index contributed by atoms with van der Waals surface area (Å²) in [4.78, 5) is 39.7. The monoisotopic (exact) mass is 505 g/mol. The van der Waals surface area contributed by atoms with Crippen LogP contribution in [0.5, 0.6) is 5.75 Å². The third kappa shape index (κ3) is 5.57. The zero-order chi connectivity index (χ0) is 24.9. The summed E-state index contributed by atoms with van der Waals surface area (Å²) in [5.41, 5.74) is 3.78. The first-order valence-electron chi connectivity index (χ1n) is 12.3. The Balaban J connectivity index is 1.14. The van der Waals surface area contributed by atoms with Gasteiger partial charge < -0.3 is 19.5 Å². The number of benzene rings is 2. The second-order valence-corrected chi connectivity index (χ2v) is 10.0. The molecule has 1 saturated heterocycles. The molecule has 188 valence electrons. The van der Waals surface area contributed by atoms with Crippen LogP contribution in [0.4, 0.5) is 5.69 Å². The van der Waals surface area contributed by atoms with Gasteiger partial charge in [-0.2, -0.15) is 0 Å². The quantitative estimate of drug-likeness (QED) is 0.391. The topological polar surface area (TPSA) is 81.8 Å². The number of anilines is 1. The summed E-state index contributed by atoms with van der Waals surface area (Å²) in [5, 5.41) is 0.524. The SMILES string of the molecule is COc1ccccc1N1CCN(C(=O)CSc2nc3c(c(=O)[nH]2)CN(Cc2ccccc2)CC3)CC1. The Labute approximate surface area is 215 Å². The van der Waals surface area contributed by atoms with E-state index in [9.17, 15) is 9.59 Å². The van der Waals surface area contributed by atoms with Crippen LogP contribution in [0.2, 0.25) is 0 Å². The molecule has 0 atom stereocenters. The molecule has 0 bridgehead atoms. The molecule has 0 unspecified atom stereocenters. The van der Waals surface area contributed by atoms with E-state index in [1.807, 2.05) is 47.4 Å². The van der Waals surface area contributed by atoms with Gasteiger partial charge in [0.15, 0.2) is 5.16 Å². The van der Waals surface area contributed by atoms with E-state index >= 15 is 0 Å². The van der Waals surface area contributed by atoms with E-state index in [0.717, 1.165) is 55.3 Å². The summed E-state index contributed by atoms with van der Waals surface area (Å²) < 4.78 is 5.48. The van der Waals surface area contributed by atoms with Crippen molar-refractivity contribution >= 4 is 23.4 Å². The molecule has 1 amide bonds. The molecular weight excluding hydrogens is 474 g/mol. The first kappa shape index (κ1) is 24.4. The fourth-order valence-corrected chi connectivity index (χ4v) is 5.59. The maximum absolute atomic E-state index is 12.9. The number of hydrogen-bond donors (Lipinski definition) is 1. The summed E-state index contributed by atoms with van der Waals surface area (Å²) in [6.45, 7) is 5.08. The van der Waals surface area contributed by atoms with Crippen molar-refractivity contribution in [1.82, 2.24) is 19.8 Å². The number of nitrogens with one attached hydrogen (secondary N) is 1. The fraction of sp³-hybridized carbons (Fsp3) is 0.370. The fourth-order valence-electron chi connectivity index (χ4n) is 4.81. The third-order valence-electron chi connectivity index (χ3n) is 6.77. The highest BCUT2D eigenvalue weighted by Crippen LogP contribution is 2.28. The van der Waals surface area contributed by atoms with Crippen LogP contribution in [0.25, 0.3) is 0 Å². The Morgan fingerprint density at radius 2 is 1.78 bits per heavy atom. The Morgan fingerprint density at radius 1 is 1.03 bits per heavy atom. The number of carbonyl (C=O) groups excluding carboxylic acids is 1. The van der Waals surface area contributed by atoms with Gasteiger partial charge in [-0.05, 0) is 17.7 Å². The Bertz CT molecular complexity index is 1260. The molecular formula is C27H31N5O3S. The van der Waals surface area contributed by atoms with E-state index in [4.69, 9.17) is 9.72 Å². The van der Waals surface area contributed by atoms with E-state index < -0.39 is 0 Å². The molecule has 3 heterocycles. The summed E-state index contributed by atoms with van der Waals surface area (Å²) in [5.74, 6) is 1.17. The number of H-pyrrole nitrogens is 1. The van der Waals surface area contributed by atoms with Crippen molar-refractivity contribution in [2.24, 2.45) is 0 Å². The molecule has 3 aromatic rings. The zero-order valence-electron chi connectivity index (χ0n) is 20.5. The van der Waals surface area contributed by atoms with Crippen LogP contribution in [-0.2, 0) is 24.3 Å². The number of hydrogen-bond acceptors (Lipinski definition) is 7. The molecule has 5 rings (SSSR count). The largest absolute Gasteiger partial charge is 0.495 e. The van der Waals surface area contributed by atoms with Crippen LogP contribution in [0, 0.1) is 0 Å². The molecule has 2 aliphatic heterocycles. The van der Waals surface area contributed by atoms with Gasteiger partial charge in [-0.1, -0.05) is 54.2 Å². The number of piperazine rings is 1. The van der Waals surface area contributed by atoms with E-state index in [1.165, 1.54) is 17.3 Å². The minimum absolute atomic E-state index is 0.0640. The van der Waals surface area contributed by atoms with Gasteiger partial charge in [0.05, 0.1) is 29.8 Å². The lowest BCUT2D eigenvalue weighted by atomic mass is 10.1. The van der Waals surface area contributed by atoms with Crippen LogP contribution in [-0.4, -0.2) is 71.3 Å². The zero-order valence-corrected chi connectivity index (χ0v) is 21.3. The number of rotatable bonds is 7. The molecule has 9 heteroatoms. The molecule has 0 saturated carbocycles. The van der Waals surface area contributed by atoms with E-state index in [0.29, 0.717) is 24.8 Å². The maximum atomic E-state index is 12.9. The number of aromatic nitrogens is 2. The lowest BCUT2D eigenvalue weighted by Gasteiger charge is -2.36. The highest BCUT2D eigenvalue weighted by Gasteiger charge is 2.24. The molecule has 8 nitrogen and oxygen atoms in total. The van der Waals surface area contributed by atoms with E-state index in [-0.39, 0.29) is 17.2 Å². The Hall–Kier alpha value is -3.30. The molecule has 1 fully saturated rings. The molecule has 1 aromatic heterocycles. The number of ether oxygens (including phenoxy) is 1. The lowest BCUT2D eigenvalue weighted by Crippen LogP contribution is -2.49. The average Bonchev–Trinajstić information content (AvgIpc) is 2.92. The lowest BCUT2D eigenvalue weighted by molar-refractivity contribution is -0.128. The van der Waals surface area contributed by atoms with Gasteiger partial charge in [0.25, 0.3) is 5.56 Å². The van der Waals surface area contributed by atoms with E-state index in [2.05, 4.69) is 26.9 Å². The standard InChI is InChI=1S/C27H31N5O3S/c1-35-24-10-6-5-9-23(24)31-13-15-32(16-14-31)25(33)19-36-27-28-22-11-12-30(18-21(22)26(34)29-27)17-20-7-3-2-4-8-20/h2-10H,11-19H2,1H3,(H,28,29,34). The number of aromatic amines is 1. The van der Waals surface area contributed by atoms with Crippen molar-refractivity contribution in [2.75, 3.05) is 50.5 Å². The summed E-state index contributed by atoms with van der Waals surface area (Å²) in [7, 11) is 1.68. The normalized spacial score (nSPS) is 16.0. The molecule has 36 heavy (non-hydrogen) atoms. The number of carbonyl (C=O) groups is 1. The molecule has 1 N–H and O–H groups in total. The van der Waals surface area contributed by atoms with Gasteiger partial charge in [0, 0.05) is 52.2 Å². The van der Waals surface area contributed by atoms with Gasteiger partial charge in [0.1, 0.15) is 5.75 Å². The Morgan fingerprint density at radius 3 is 2.56 bits per heavy atom. The van der Waals surface area contributed by atoms with Crippen molar-refractivity contribution in [1.29, 1.82) is 0 Å². The molecule has 0 aliphatic carbocycles. The van der Waals surface area contributed by atoms with Gasteiger partial charge in [-0.3, -0.25) is 14.5 Å². The summed E-state index contributed by atoms with van der Waals surface area (Å²) in [6, 6.07) is 18.2. The van der Waals surface area contributed by atoms with Crippen LogP contribution < -0.4 is 15.2 Å². The predicted octanol–water partition coefficient (Wildman–Crippen LogP) is 2.78. The number of nitrogens with zero attached hydrogens (tertiary/aromatic N) is 4. The number of para-hydroxylation sites is 2.